The molecule has 0 aromatic heterocycles. The smallest absolute Gasteiger partial charge is 0.217 e. The Morgan fingerprint density at radius 1 is 0.784 bits per heavy atom. The van der Waals surface area contributed by atoms with Crippen LogP contribution in [0.15, 0.2) is 0 Å². The van der Waals surface area contributed by atoms with Gasteiger partial charge in [0.05, 0.1) is 19.8 Å². The normalized spacial score (nSPS) is 47.5. The molecule has 0 spiro atoms. The Morgan fingerprint density at radius 3 is 1.92 bits per heavy atom. The number of hydrogen-bond acceptors (Lipinski definition) is 16. The van der Waals surface area contributed by atoms with Crippen molar-refractivity contribution >= 4 is 5.91 Å². The summed E-state index contributed by atoms with van der Waals surface area (Å²) in [5.41, 5.74) is 0. The molecule has 3 aliphatic rings. The molecule has 0 radical (unpaired) electrons. The number of aliphatic hydroxyl groups excluding tert-OH is 10. The van der Waals surface area contributed by atoms with Crippen molar-refractivity contribution in [3.63, 3.8) is 0 Å². The molecule has 3 heterocycles. The first kappa shape index (κ1) is 30.4. The summed E-state index contributed by atoms with van der Waals surface area (Å²) in [5.74, 6) is -0.638. The minimum Gasteiger partial charge on any atom is -0.394 e. The van der Waals surface area contributed by atoms with Crippen molar-refractivity contribution in [2.45, 2.75) is 99.0 Å². The molecule has 0 bridgehead atoms. The van der Waals surface area contributed by atoms with Crippen LogP contribution in [-0.2, 0) is 28.5 Å². The van der Waals surface area contributed by atoms with Crippen molar-refractivity contribution in [3.8, 4) is 0 Å². The fourth-order valence-corrected chi connectivity index (χ4v) is 4.47. The molecule has 15 atom stereocenters. The van der Waals surface area contributed by atoms with Crippen LogP contribution in [0.3, 0.4) is 0 Å². The van der Waals surface area contributed by atoms with Crippen molar-refractivity contribution in [1.29, 1.82) is 0 Å². The molecule has 0 aliphatic carbocycles. The van der Waals surface area contributed by atoms with E-state index in [1.165, 1.54) is 0 Å². The van der Waals surface area contributed by atoms with Crippen molar-refractivity contribution in [2.24, 2.45) is 0 Å². The van der Waals surface area contributed by atoms with Crippen molar-refractivity contribution < 1.29 is 79.5 Å². The molecule has 216 valence electrons. The van der Waals surface area contributed by atoms with E-state index in [-0.39, 0.29) is 0 Å². The SMILES string of the molecule is CC(=O)N[C@@H]1[C@@H](O[C@@H]2O[C@@H]([C@H](O)CO)[C@H](O[C@H]3O[C@H](CO)[C@@H](O)[C@H](O)[C@H]3O)[C@H]2O)[C@H](O)[C@@H](CO)O[C@H]1O. The highest BCUT2D eigenvalue weighted by Crippen LogP contribution is 2.34. The summed E-state index contributed by atoms with van der Waals surface area (Å²) < 4.78 is 27.0. The van der Waals surface area contributed by atoms with Gasteiger partial charge in [-0.1, -0.05) is 0 Å². The highest BCUT2D eigenvalue weighted by molar-refractivity contribution is 5.73. The van der Waals surface area contributed by atoms with E-state index in [1.54, 1.807) is 0 Å². The van der Waals surface area contributed by atoms with E-state index >= 15 is 0 Å². The molecule has 17 heteroatoms. The second kappa shape index (κ2) is 12.8. The Bertz CT molecular complexity index is 745. The lowest BCUT2D eigenvalue weighted by atomic mass is 9.96. The second-order valence-electron chi connectivity index (χ2n) is 9.07. The Balaban J connectivity index is 1.82. The molecule has 0 saturated carbocycles. The first-order valence-corrected chi connectivity index (χ1v) is 11.6. The third-order valence-corrected chi connectivity index (χ3v) is 6.47. The largest absolute Gasteiger partial charge is 0.394 e. The van der Waals surface area contributed by atoms with E-state index in [4.69, 9.17) is 23.7 Å². The number of carbonyl (C=O) groups is 1. The van der Waals surface area contributed by atoms with Crippen LogP contribution in [0.25, 0.3) is 0 Å². The van der Waals surface area contributed by atoms with Gasteiger partial charge >= 0.3 is 0 Å². The number of rotatable bonds is 9. The Kier molecular flexibility index (Phi) is 10.5. The fourth-order valence-electron chi connectivity index (χ4n) is 4.47. The lowest BCUT2D eigenvalue weighted by Gasteiger charge is -2.43. The highest BCUT2D eigenvalue weighted by Gasteiger charge is 2.55. The molecule has 0 aromatic rings. The summed E-state index contributed by atoms with van der Waals surface area (Å²) >= 11 is 0. The van der Waals surface area contributed by atoms with Gasteiger partial charge in [0.2, 0.25) is 5.91 Å². The second-order valence-corrected chi connectivity index (χ2v) is 9.07. The molecular formula is C20H35NO16. The predicted molar refractivity (Wildman–Crippen MR) is 113 cm³/mol. The maximum absolute atomic E-state index is 11.6. The number of nitrogens with one attached hydrogen (secondary N) is 1. The minimum atomic E-state index is -1.86. The first-order valence-electron chi connectivity index (χ1n) is 11.6. The van der Waals surface area contributed by atoms with Crippen LogP contribution in [0, 0.1) is 0 Å². The van der Waals surface area contributed by atoms with E-state index in [2.05, 4.69) is 5.32 Å². The lowest BCUT2D eigenvalue weighted by Crippen LogP contribution is -2.65. The molecule has 3 aliphatic heterocycles. The average Bonchev–Trinajstić information content (AvgIpc) is 3.17. The molecule has 11 N–H and O–H groups in total. The zero-order valence-corrected chi connectivity index (χ0v) is 19.7. The molecule has 37 heavy (non-hydrogen) atoms. The van der Waals surface area contributed by atoms with Gasteiger partial charge in [0.15, 0.2) is 18.9 Å². The summed E-state index contributed by atoms with van der Waals surface area (Å²) in [6.07, 6.45) is -23.1. The maximum Gasteiger partial charge on any atom is 0.217 e. The standard InChI is InChI=1S/C20H35NO16/c1-5(25)21-9-16(11(28)8(4-24)33-18(9)32)36-20-14(31)17(15(35-20)6(26)2-22)37-19-13(30)12(29)10(27)7(3-23)34-19/h6-20,22-24,26-32H,2-4H2,1H3,(H,21,25)/t6-,7-,8-,9-,10-,11-,12+,13-,14-,15+,16-,17-,18-,19-,20+/m1/s1. The average molecular weight is 545 g/mol. The Hall–Kier alpha value is -1.13. The van der Waals surface area contributed by atoms with Gasteiger partial charge < -0.3 is 80.1 Å². The minimum absolute atomic E-state index is 0.638. The fraction of sp³-hybridized carbons (Fsp3) is 0.950. The van der Waals surface area contributed by atoms with Gasteiger partial charge in [0, 0.05) is 6.92 Å². The molecule has 0 unspecified atom stereocenters. The quantitative estimate of drug-likeness (QED) is 0.128. The van der Waals surface area contributed by atoms with Crippen LogP contribution < -0.4 is 5.32 Å². The summed E-state index contributed by atoms with van der Waals surface area (Å²) in [7, 11) is 0. The number of ether oxygens (including phenoxy) is 5. The van der Waals surface area contributed by atoms with E-state index in [0.29, 0.717) is 0 Å². The molecular weight excluding hydrogens is 510 g/mol. The van der Waals surface area contributed by atoms with Gasteiger partial charge in [-0.25, -0.2) is 0 Å². The molecule has 1 amide bonds. The van der Waals surface area contributed by atoms with E-state index in [1.807, 2.05) is 0 Å². The van der Waals surface area contributed by atoms with Gasteiger partial charge in [0.1, 0.15) is 73.2 Å². The Labute approximate surface area is 210 Å². The molecule has 3 fully saturated rings. The van der Waals surface area contributed by atoms with Gasteiger partial charge in [-0.3, -0.25) is 4.79 Å². The summed E-state index contributed by atoms with van der Waals surface area (Å²) in [6, 6.07) is -1.39. The molecule has 3 rings (SSSR count). The summed E-state index contributed by atoms with van der Waals surface area (Å²) in [6.45, 7) is -1.26. The van der Waals surface area contributed by atoms with Crippen LogP contribution in [-0.4, -0.2) is 169 Å². The maximum atomic E-state index is 11.6. The summed E-state index contributed by atoms with van der Waals surface area (Å²) in [4.78, 5) is 11.6. The number of aliphatic hydroxyl groups is 10. The molecule has 3 saturated heterocycles. The van der Waals surface area contributed by atoms with Crippen molar-refractivity contribution in [2.75, 3.05) is 19.8 Å². The zero-order chi connectivity index (χ0) is 27.6. The summed E-state index contributed by atoms with van der Waals surface area (Å²) in [5, 5.41) is 103. The number of hydrogen-bond donors (Lipinski definition) is 11. The Morgan fingerprint density at radius 2 is 1.35 bits per heavy atom. The highest BCUT2D eigenvalue weighted by atomic mass is 16.8. The zero-order valence-electron chi connectivity index (χ0n) is 19.7. The third-order valence-electron chi connectivity index (χ3n) is 6.47. The number of carbonyl (C=O) groups excluding carboxylic acids is 1. The van der Waals surface area contributed by atoms with Gasteiger partial charge in [-0.05, 0) is 0 Å². The predicted octanol–water partition coefficient (Wildman–Crippen LogP) is -7.43. The van der Waals surface area contributed by atoms with E-state index in [9.17, 15) is 55.9 Å². The molecule has 17 nitrogen and oxygen atoms in total. The van der Waals surface area contributed by atoms with Crippen LogP contribution in [0.5, 0.6) is 0 Å². The lowest BCUT2D eigenvalue weighted by molar-refractivity contribution is -0.319. The van der Waals surface area contributed by atoms with Gasteiger partial charge in [-0.15, -0.1) is 0 Å². The van der Waals surface area contributed by atoms with Gasteiger partial charge in [0.25, 0.3) is 0 Å². The van der Waals surface area contributed by atoms with E-state index in [0.717, 1.165) is 6.92 Å². The van der Waals surface area contributed by atoms with Crippen LogP contribution in [0.2, 0.25) is 0 Å². The first-order chi connectivity index (χ1) is 17.4. The van der Waals surface area contributed by atoms with Crippen LogP contribution in [0.1, 0.15) is 6.92 Å². The molecule has 0 aromatic carbocycles. The monoisotopic (exact) mass is 545 g/mol. The van der Waals surface area contributed by atoms with Gasteiger partial charge in [-0.2, -0.15) is 0 Å². The topological polar surface area (TPSA) is 278 Å². The van der Waals surface area contributed by atoms with Crippen molar-refractivity contribution in [3.05, 3.63) is 0 Å². The van der Waals surface area contributed by atoms with Crippen LogP contribution >= 0.6 is 0 Å². The third kappa shape index (κ3) is 6.38. The van der Waals surface area contributed by atoms with E-state index < -0.39 is 118 Å². The number of amides is 1. The van der Waals surface area contributed by atoms with Crippen molar-refractivity contribution in [1.82, 2.24) is 5.32 Å². The van der Waals surface area contributed by atoms with Crippen LogP contribution in [0.4, 0.5) is 0 Å².